The number of carboxylic acid groups (broad SMARTS) is 1. The SMILES string of the molecule is CC(C)CC(NCc1cncc2ccccc12)C(=O)O. The van der Waals surface area contributed by atoms with Crippen LogP contribution in [0.25, 0.3) is 10.8 Å². The maximum atomic E-state index is 11.2. The summed E-state index contributed by atoms with van der Waals surface area (Å²) in [7, 11) is 0. The van der Waals surface area contributed by atoms with E-state index in [2.05, 4.69) is 10.3 Å². The number of nitrogens with one attached hydrogen (secondary N) is 1. The molecular formula is C16H20N2O2. The molecule has 0 spiro atoms. The summed E-state index contributed by atoms with van der Waals surface area (Å²) >= 11 is 0. The Balaban J connectivity index is 2.13. The summed E-state index contributed by atoms with van der Waals surface area (Å²) < 4.78 is 0. The van der Waals surface area contributed by atoms with Crippen molar-refractivity contribution in [3.05, 3.63) is 42.2 Å². The Morgan fingerprint density at radius 1 is 1.30 bits per heavy atom. The summed E-state index contributed by atoms with van der Waals surface area (Å²) in [5.41, 5.74) is 1.03. The van der Waals surface area contributed by atoms with Gasteiger partial charge >= 0.3 is 5.97 Å². The number of aromatic nitrogens is 1. The smallest absolute Gasteiger partial charge is 0.320 e. The van der Waals surface area contributed by atoms with Crippen molar-refractivity contribution in [1.29, 1.82) is 0 Å². The van der Waals surface area contributed by atoms with Gasteiger partial charge in [0, 0.05) is 24.3 Å². The second-order valence-electron chi connectivity index (χ2n) is 5.42. The molecule has 0 saturated carbocycles. The lowest BCUT2D eigenvalue weighted by Crippen LogP contribution is -2.37. The van der Waals surface area contributed by atoms with E-state index in [0.717, 1.165) is 16.3 Å². The van der Waals surface area contributed by atoms with E-state index in [4.69, 9.17) is 0 Å². The Morgan fingerprint density at radius 3 is 2.75 bits per heavy atom. The molecule has 0 saturated heterocycles. The molecule has 4 nitrogen and oxygen atoms in total. The van der Waals surface area contributed by atoms with Crippen LogP contribution >= 0.6 is 0 Å². The minimum Gasteiger partial charge on any atom is -0.480 e. The van der Waals surface area contributed by atoms with Crippen LogP contribution in [0.2, 0.25) is 0 Å². The number of benzene rings is 1. The van der Waals surface area contributed by atoms with Gasteiger partial charge in [0.25, 0.3) is 0 Å². The van der Waals surface area contributed by atoms with Crippen molar-refractivity contribution < 1.29 is 9.90 Å². The predicted octanol–water partition coefficient (Wildman–Crippen LogP) is 2.82. The molecule has 0 aliphatic heterocycles. The summed E-state index contributed by atoms with van der Waals surface area (Å²) in [4.78, 5) is 15.5. The van der Waals surface area contributed by atoms with Gasteiger partial charge < -0.3 is 10.4 Å². The molecule has 2 rings (SSSR count). The van der Waals surface area contributed by atoms with Gasteiger partial charge in [-0.1, -0.05) is 38.1 Å². The fourth-order valence-corrected chi connectivity index (χ4v) is 2.30. The molecule has 1 aromatic carbocycles. The monoisotopic (exact) mass is 272 g/mol. The number of rotatable bonds is 6. The van der Waals surface area contributed by atoms with Gasteiger partial charge in [-0.25, -0.2) is 0 Å². The largest absolute Gasteiger partial charge is 0.480 e. The normalized spacial score (nSPS) is 12.8. The van der Waals surface area contributed by atoms with Crippen LogP contribution in [0.4, 0.5) is 0 Å². The molecule has 2 aromatic rings. The number of fused-ring (bicyclic) bond motifs is 1. The summed E-state index contributed by atoms with van der Waals surface area (Å²) in [6.45, 7) is 4.56. The summed E-state index contributed by atoms with van der Waals surface area (Å²) in [6.07, 6.45) is 4.23. The third-order valence-electron chi connectivity index (χ3n) is 3.29. The molecule has 0 fully saturated rings. The number of nitrogens with zero attached hydrogens (tertiary/aromatic N) is 1. The molecular weight excluding hydrogens is 252 g/mol. The maximum absolute atomic E-state index is 11.2. The molecule has 0 aliphatic rings. The molecule has 106 valence electrons. The molecule has 0 bridgehead atoms. The van der Waals surface area contributed by atoms with Crippen LogP contribution in [0.15, 0.2) is 36.7 Å². The van der Waals surface area contributed by atoms with Gasteiger partial charge in [0.15, 0.2) is 0 Å². The predicted molar refractivity (Wildman–Crippen MR) is 79.5 cm³/mol. The highest BCUT2D eigenvalue weighted by molar-refractivity contribution is 5.84. The molecule has 4 heteroatoms. The first-order chi connectivity index (χ1) is 9.58. The lowest BCUT2D eigenvalue weighted by Gasteiger charge is -2.17. The zero-order valence-electron chi connectivity index (χ0n) is 11.8. The lowest BCUT2D eigenvalue weighted by molar-refractivity contribution is -0.140. The van der Waals surface area contributed by atoms with Crippen LogP contribution in [0.5, 0.6) is 0 Å². The van der Waals surface area contributed by atoms with E-state index in [1.807, 2.05) is 44.3 Å². The van der Waals surface area contributed by atoms with E-state index in [1.165, 1.54) is 0 Å². The minimum absolute atomic E-state index is 0.342. The number of hydrogen-bond acceptors (Lipinski definition) is 3. The van der Waals surface area contributed by atoms with Crippen molar-refractivity contribution in [3.8, 4) is 0 Å². The van der Waals surface area contributed by atoms with Crippen molar-refractivity contribution in [3.63, 3.8) is 0 Å². The zero-order valence-corrected chi connectivity index (χ0v) is 11.8. The molecule has 20 heavy (non-hydrogen) atoms. The molecule has 0 radical (unpaired) electrons. The molecule has 1 unspecified atom stereocenters. The quantitative estimate of drug-likeness (QED) is 0.849. The second kappa shape index (κ2) is 6.48. The highest BCUT2D eigenvalue weighted by atomic mass is 16.4. The van der Waals surface area contributed by atoms with E-state index in [1.54, 1.807) is 6.20 Å². The van der Waals surface area contributed by atoms with E-state index in [-0.39, 0.29) is 0 Å². The average molecular weight is 272 g/mol. The number of pyridine rings is 1. The van der Waals surface area contributed by atoms with Crippen LogP contribution in [0.3, 0.4) is 0 Å². The number of hydrogen-bond donors (Lipinski definition) is 2. The third kappa shape index (κ3) is 3.54. The fourth-order valence-electron chi connectivity index (χ4n) is 2.30. The average Bonchev–Trinajstić information content (AvgIpc) is 2.42. The Labute approximate surface area is 118 Å². The van der Waals surface area contributed by atoms with Gasteiger partial charge in [-0.2, -0.15) is 0 Å². The van der Waals surface area contributed by atoms with Crippen LogP contribution in [0.1, 0.15) is 25.8 Å². The van der Waals surface area contributed by atoms with E-state index >= 15 is 0 Å². The Hall–Kier alpha value is -1.94. The molecule has 1 aromatic heterocycles. The lowest BCUT2D eigenvalue weighted by atomic mass is 10.0. The highest BCUT2D eigenvalue weighted by Crippen LogP contribution is 2.17. The summed E-state index contributed by atoms with van der Waals surface area (Å²) in [6, 6.07) is 7.48. The Morgan fingerprint density at radius 2 is 2.05 bits per heavy atom. The van der Waals surface area contributed by atoms with Crippen molar-refractivity contribution in [2.75, 3.05) is 0 Å². The van der Waals surface area contributed by atoms with Crippen LogP contribution in [-0.4, -0.2) is 22.1 Å². The van der Waals surface area contributed by atoms with Crippen molar-refractivity contribution in [1.82, 2.24) is 10.3 Å². The van der Waals surface area contributed by atoms with Gasteiger partial charge in [0.1, 0.15) is 6.04 Å². The first kappa shape index (κ1) is 14.5. The second-order valence-corrected chi connectivity index (χ2v) is 5.42. The molecule has 2 N–H and O–H groups in total. The van der Waals surface area contributed by atoms with Gasteiger partial charge in [-0.3, -0.25) is 9.78 Å². The van der Waals surface area contributed by atoms with E-state index in [9.17, 15) is 9.90 Å². The minimum atomic E-state index is -0.799. The molecule has 1 atom stereocenters. The van der Waals surface area contributed by atoms with Crippen molar-refractivity contribution in [2.45, 2.75) is 32.9 Å². The fraction of sp³-hybridized carbons (Fsp3) is 0.375. The van der Waals surface area contributed by atoms with Gasteiger partial charge in [-0.15, -0.1) is 0 Å². The van der Waals surface area contributed by atoms with Crippen LogP contribution in [0, 0.1) is 5.92 Å². The number of carboxylic acids is 1. The first-order valence-electron chi connectivity index (χ1n) is 6.85. The van der Waals surface area contributed by atoms with Gasteiger partial charge in [0.05, 0.1) is 0 Å². The van der Waals surface area contributed by atoms with Gasteiger partial charge in [-0.05, 0) is 23.3 Å². The third-order valence-corrected chi connectivity index (χ3v) is 3.29. The molecule has 0 aliphatic carbocycles. The Bertz CT molecular complexity index is 591. The van der Waals surface area contributed by atoms with Crippen molar-refractivity contribution in [2.24, 2.45) is 5.92 Å². The first-order valence-corrected chi connectivity index (χ1v) is 6.85. The maximum Gasteiger partial charge on any atom is 0.320 e. The highest BCUT2D eigenvalue weighted by Gasteiger charge is 2.18. The summed E-state index contributed by atoms with van der Waals surface area (Å²) in [5, 5.41) is 14.5. The van der Waals surface area contributed by atoms with E-state index in [0.29, 0.717) is 18.9 Å². The van der Waals surface area contributed by atoms with Gasteiger partial charge in [0.2, 0.25) is 0 Å². The van der Waals surface area contributed by atoms with Crippen LogP contribution in [-0.2, 0) is 11.3 Å². The summed E-state index contributed by atoms with van der Waals surface area (Å²) in [5.74, 6) is -0.457. The van der Waals surface area contributed by atoms with Crippen molar-refractivity contribution >= 4 is 16.7 Å². The topological polar surface area (TPSA) is 62.2 Å². The Kier molecular flexibility index (Phi) is 4.69. The molecule has 1 heterocycles. The van der Waals surface area contributed by atoms with Crippen LogP contribution < -0.4 is 5.32 Å². The molecule has 0 amide bonds. The zero-order chi connectivity index (χ0) is 14.5. The van der Waals surface area contributed by atoms with E-state index < -0.39 is 12.0 Å². The number of aliphatic carboxylic acids is 1. The number of carbonyl (C=O) groups is 1. The standard InChI is InChI=1S/C16H20N2O2/c1-11(2)7-15(16(19)20)18-10-13-9-17-8-12-5-3-4-6-14(12)13/h3-6,8-9,11,15,18H,7,10H2,1-2H3,(H,19,20).